The van der Waals surface area contributed by atoms with Crippen molar-refractivity contribution in [3.8, 4) is 11.5 Å². The fourth-order valence-corrected chi connectivity index (χ4v) is 4.21. The first-order chi connectivity index (χ1) is 15.0. The molecule has 1 aliphatic heterocycles. The van der Waals surface area contributed by atoms with Gasteiger partial charge in [-0.15, -0.1) is 0 Å². The third kappa shape index (κ3) is 4.64. The first-order valence-electron chi connectivity index (χ1n) is 9.95. The molecule has 2 unspecified atom stereocenters. The molecule has 4 nitrogen and oxygen atoms in total. The van der Waals surface area contributed by atoms with E-state index in [4.69, 9.17) is 27.9 Å². The lowest BCUT2D eigenvalue weighted by molar-refractivity contribution is -0.731. The number of nitrogens with two attached hydrogens (primary N) is 1. The predicted molar refractivity (Wildman–Crippen MR) is 121 cm³/mol. The Bertz CT molecular complexity index is 1100. The van der Waals surface area contributed by atoms with E-state index < -0.39 is 12.0 Å². The Kier molecular flexibility index (Phi) is 6.37. The largest absolute Gasteiger partial charge is 0.507 e. The number of phenolic OH excluding ortho intramolecular Hbond substituents is 1. The zero-order valence-corrected chi connectivity index (χ0v) is 18.3. The Morgan fingerprint density at radius 1 is 1.10 bits per heavy atom. The molecule has 0 aliphatic carbocycles. The second-order valence-corrected chi connectivity index (χ2v) is 8.06. The highest BCUT2D eigenvalue weighted by molar-refractivity contribution is 6.31. The van der Waals surface area contributed by atoms with Gasteiger partial charge >= 0.3 is 0 Å². The molecule has 0 bridgehead atoms. The van der Waals surface area contributed by atoms with Crippen LogP contribution >= 0.6 is 23.2 Å². The van der Waals surface area contributed by atoms with E-state index in [9.17, 15) is 9.50 Å². The van der Waals surface area contributed by atoms with Crippen LogP contribution in [0.15, 0.2) is 66.7 Å². The van der Waals surface area contributed by atoms with Gasteiger partial charge in [-0.3, -0.25) is 0 Å². The quantitative estimate of drug-likeness (QED) is 0.492. The van der Waals surface area contributed by atoms with Crippen molar-refractivity contribution in [3.05, 3.63) is 99.3 Å². The van der Waals surface area contributed by atoms with E-state index in [1.54, 1.807) is 30.3 Å². The summed E-state index contributed by atoms with van der Waals surface area (Å²) in [4.78, 5) is 0. The van der Waals surface area contributed by atoms with Crippen LogP contribution in [0.4, 0.5) is 4.39 Å². The summed E-state index contributed by atoms with van der Waals surface area (Å²) in [5.41, 5.74) is 2.68. The van der Waals surface area contributed by atoms with Gasteiger partial charge in [-0.2, -0.15) is 0 Å². The van der Waals surface area contributed by atoms with Gasteiger partial charge in [0.25, 0.3) is 0 Å². The van der Waals surface area contributed by atoms with Crippen LogP contribution in [0.25, 0.3) is 5.70 Å². The molecule has 0 amide bonds. The van der Waals surface area contributed by atoms with Gasteiger partial charge in [0.2, 0.25) is 0 Å². The number of ether oxygens (including phenoxy) is 1. The Morgan fingerprint density at radius 2 is 1.87 bits per heavy atom. The van der Waals surface area contributed by atoms with Crippen molar-refractivity contribution < 1.29 is 19.6 Å². The molecule has 0 saturated carbocycles. The fourth-order valence-electron chi connectivity index (χ4n) is 3.75. The zero-order valence-electron chi connectivity index (χ0n) is 16.8. The predicted octanol–water partition coefficient (Wildman–Crippen LogP) is 5.18. The van der Waals surface area contributed by atoms with Gasteiger partial charge in [0.1, 0.15) is 23.4 Å². The summed E-state index contributed by atoms with van der Waals surface area (Å²) in [5, 5.41) is 16.6. The number of halogens is 3. The van der Waals surface area contributed by atoms with Crippen LogP contribution in [0.5, 0.6) is 11.5 Å². The van der Waals surface area contributed by atoms with Gasteiger partial charge in [0, 0.05) is 16.8 Å². The summed E-state index contributed by atoms with van der Waals surface area (Å²) in [5.74, 6) is 0.489. The van der Waals surface area contributed by atoms with Gasteiger partial charge < -0.3 is 20.5 Å². The number of aromatic hydroxyl groups is 1. The van der Waals surface area contributed by atoms with Crippen LogP contribution in [0.1, 0.15) is 35.8 Å². The smallest absolute Gasteiger partial charge is 0.190 e. The Hall–Kier alpha value is -2.73. The average Bonchev–Trinajstić information content (AvgIpc) is 2.76. The molecular weight excluding hydrogens is 438 g/mol. The number of rotatable bonds is 5. The minimum Gasteiger partial charge on any atom is -0.507 e. The van der Waals surface area contributed by atoms with Crippen molar-refractivity contribution in [2.75, 3.05) is 6.61 Å². The molecule has 2 atom stereocenters. The number of benzene rings is 3. The fraction of sp³-hybridized carbons (Fsp3) is 0.167. The van der Waals surface area contributed by atoms with E-state index >= 15 is 0 Å². The van der Waals surface area contributed by atoms with E-state index in [-0.39, 0.29) is 11.8 Å². The van der Waals surface area contributed by atoms with Crippen LogP contribution in [0, 0.1) is 5.82 Å². The zero-order chi connectivity index (χ0) is 22.0. The third-order valence-corrected chi connectivity index (χ3v) is 5.76. The maximum atomic E-state index is 14.7. The van der Waals surface area contributed by atoms with E-state index in [0.29, 0.717) is 27.8 Å². The maximum absolute atomic E-state index is 14.7. The molecule has 7 heteroatoms. The molecule has 4 N–H and O–H groups in total. The Morgan fingerprint density at radius 3 is 2.58 bits per heavy atom. The second kappa shape index (κ2) is 9.18. The molecule has 0 radical (unpaired) electrons. The van der Waals surface area contributed by atoms with Crippen molar-refractivity contribution in [1.82, 2.24) is 5.32 Å². The lowest BCUT2D eigenvalue weighted by atomic mass is 9.97. The summed E-state index contributed by atoms with van der Waals surface area (Å²) in [7, 11) is 0. The second-order valence-electron chi connectivity index (χ2n) is 7.22. The lowest BCUT2D eigenvalue weighted by Crippen LogP contribution is -2.90. The van der Waals surface area contributed by atoms with E-state index in [1.165, 1.54) is 6.07 Å². The standard InChI is InChI=1S/C24H21Cl2FN2O2/c1-2-31-16-9-6-14(7-10-16)20-13-21(17-12-15(25)8-11-22(17)30)29-24(28-20)23-18(26)4-3-5-19(23)27/h3-13,21,24,28-30H,2H2,1H3/p+1. The Labute approximate surface area is 190 Å². The monoisotopic (exact) mass is 459 g/mol. The van der Waals surface area contributed by atoms with Gasteiger partial charge in [0.05, 0.1) is 22.8 Å². The van der Waals surface area contributed by atoms with Crippen molar-refractivity contribution in [3.63, 3.8) is 0 Å². The summed E-state index contributed by atoms with van der Waals surface area (Å²) in [6, 6.07) is 16.9. The van der Waals surface area contributed by atoms with Crippen molar-refractivity contribution >= 4 is 28.9 Å². The summed E-state index contributed by atoms with van der Waals surface area (Å²) < 4.78 is 20.3. The molecule has 1 aliphatic rings. The molecule has 3 aromatic carbocycles. The Balaban J connectivity index is 1.78. The number of phenols is 1. The van der Waals surface area contributed by atoms with E-state index in [2.05, 4.69) is 5.32 Å². The number of hydrogen-bond donors (Lipinski definition) is 3. The molecule has 4 rings (SSSR count). The highest BCUT2D eigenvalue weighted by Gasteiger charge is 2.32. The maximum Gasteiger partial charge on any atom is 0.190 e. The minimum atomic E-state index is -0.511. The average molecular weight is 460 g/mol. The van der Waals surface area contributed by atoms with Crippen molar-refractivity contribution in [2.45, 2.75) is 19.1 Å². The lowest BCUT2D eigenvalue weighted by Gasteiger charge is -2.30. The molecule has 1 heterocycles. The number of nitrogens with one attached hydrogen (secondary N) is 1. The van der Waals surface area contributed by atoms with Crippen molar-refractivity contribution in [1.29, 1.82) is 0 Å². The van der Waals surface area contributed by atoms with Crippen LogP contribution in [0.3, 0.4) is 0 Å². The summed E-state index contributed by atoms with van der Waals surface area (Å²) >= 11 is 12.5. The third-order valence-electron chi connectivity index (χ3n) is 5.19. The number of quaternary nitrogens is 1. The van der Waals surface area contributed by atoms with Gasteiger partial charge in [0.15, 0.2) is 6.17 Å². The van der Waals surface area contributed by atoms with Crippen LogP contribution in [0.2, 0.25) is 10.0 Å². The SMILES string of the molecule is CCOc1ccc(C2=CC(c3cc(Cl)ccc3O)[NH2+]C(c3c(F)cccc3Cl)N2)cc1. The molecule has 0 aromatic heterocycles. The van der Waals surface area contributed by atoms with E-state index in [1.807, 2.05) is 42.6 Å². The summed E-state index contributed by atoms with van der Waals surface area (Å²) in [6.07, 6.45) is 1.47. The molecular formula is C24H22Cl2FN2O2+. The highest BCUT2D eigenvalue weighted by atomic mass is 35.5. The summed E-state index contributed by atoms with van der Waals surface area (Å²) in [6.45, 7) is 2.51. The van der Waals surface area contributed by atoms with Crippen LogP contribution < -0.4 is 15.4 Å². The minimum absolute atomic E-state index is 0.119. The van der Waals surface area contributed by atoms with Gasteiger partial charge in [-0.25, -0.2) is 4.39 Å². The first-order valence-corrected chi connectivity index (χ1v) is 10.7. The molecule has 0 spiro atoms. The van der Waals surface area contributed by atoms with E-state index in [0.717, 1.165) is 17.0 Å². The normalized spacial score (nSPS) is 18.3. The highest BCUT2D eigenvalue weighted by Crippen LogP contribution is 2.33. The number of hydrogen-bond acceptors (Lipinski definition) is 3. The topological polar surface area (TPSA) is 58.1 Å². The molecule has 0 saturated heterocycles. The first kappa shape index (κ1) is 21.5. The van der Waals surface area contributed by atoms with Gasteiger partial charge in [-0.1, -0.05) is 29.3 Å². The van der Waals surface area contributed by atoms with Crippen molar-refractivity contribution in [2.24, 2.45) is 0 Å². The van der Waals surface area contributed by atoms with Crippen LogP contribution in [-0.4, -0.2) is 11.7 Å². The molecule has 160 valence electrons. The van der Waals surface area contributed by atoms with Gasteiger partial charge in [-0.05, 0) is 67.1 Å². The molecule has 31 heavy (non-hydrogen) atoms. The molecule has 0 fully saturated rings. The van der Waals surface area contributed by atoms with Crippen LogP contribution in [-0.2, 0) is 0 Å². The molecule has 3 aromatic rings.